The Balaban J connectivity index is 5.26. The Morgan fingerprint density at radius 3 is 0.862 bits per heavy atom. The van der Waals surface area contributed by atoms with Crippen LogP contribution in [0.1, 0.15) is 357 Å². The second-order valence-corrected chi connectivity index (χ2v) is 30.7. The van der Waals surface area contributed by atoms with Gasteiger partial charge in [0.1, 0.15) is 19.3 Å². The fraction of sp³-hybridized carbons (Fsp3) is 0.893. The minimum atomic E-state index is -4.96. The van der Waals surface area contributed by atoms with Crippen molar-refractivity contribution in [1.82, 2.24) is 0 Å². The van der Waals surface area contributed by atoms with Crippen LogP contribution in [-0.2, 0) is 65.4 Å². The molecule has 0 aromatic rings. The summed E-state index contributed by atoms with van der Waals surface area (Å²) < 4.78 is 68.4. The van der Waals surface area contributed by atoms with E-state index in [9.17, 15) is 43.2 Å². The maximum Gasteiger partial charge on any atom is 0.472 e. The zero-order chi connectivity index (χ0) is 69.4. The number of esters is 4. The van der Waals surface area contributed by atoms with Crippen molar-refractivity contribution in [2.45, 2.75) is 375 Å². The third kappa shape index (κ3) is 68.1. The molecule has 0 aromatic carbocycles. The second kappa shape index (κ2) is 65.2. The zero-order valence-electron chi connectivity index (χ0n) is 60.9. The van der Waals surface area contributed by atoms with E-state index < -0.39 is 97.5 Å². The highest BCUT2D eigenvalue weighted by atomic mass is 31.2. The summed E-state index contributed by atoms with van der Waals surface area (Å²) in [6.07, 6.45) is 53.7. The van der Waals surface area contributed by atoms with Crippen LogP contribution in [0, 0.1) is 17.8 Å². The van der Waals surface area contributed by atoms with Gasteiger partial charge in [0.2, 0.25) is 0 Å². The number of rotatable bonds is 71. The van der Waals surface area contributed by atoms with Crippen molar-refractivity contribution in [3.05, 3.63) is 24.3 Å². The molecule has 0 spiro atoms. The molecule has 0 saturated carbocycles. The van der Waals surface area contributed by atoms with E-state index >= 15 is 0 Å². The first-order chi connectivity index (χ1) is 45.2. The molecule has 0 fully saturated rings. The number of phosphoric ester groups is 2. The number of carbonyl (C=O) groups excluding carboxylic acids is 4. The Morgan fingerprint density at radius 2 is 0.574 bits per heavy atom. The van der Waals surface area contributed by atoms with E-state index in [0.29, 0.717) is 31.6 Å². The SMILES string of the molecule is CCCCCC/C=C\C=C/CCCCCCCC(=O)O[C@H](COC(=O)CCCCCCCCC(C)C)COP(=O)(O)OC[C@H](O)COP(=O)(O)OC[C@@H](COC(=O)CCCCCCCCCCCCCCCCC(C)C)OC(=O)CCCCCCCCCCCCC(C)C. The lowest BCUT2D eigenvalue weighted by atomic mass is 10.0. The molecule has 0 amide bonds. The first kappa shape index (κ1) is 91.5. The fourth-order valence-electron chi connectivity index (χ4n) is 10.9. The molecule has 0 aliphatic rings. The molecular formula is C75H142O17P2. The average Bonchev–Trinajstić information content (AvgIpc) is 3.71. The summed E-state index contributed by atoms with van der Waals surface area (Å²) in [7, 11) is -9.92. The Hall–Kier alpha value is -2.46. The van der Waals surface area contributed by atoms with Gasteiger partial charge in [-0.25, -0.2) is 9.13 Å². The standard InChI is InChI=1S/C75H142O17P2/c1-8-9-10-11-12-13-14-15-16-21-24-30-35-44-51-58-74(79)92-71(63-86-73(78)57-50-43-38-37-41-48-55-68(6)7)65-90-94(83,84)88-61-69(76)60-87-93(81,82)89-64-70(91-75(80)59-52-45-36-31-26-25-28-33-40-47-54-67(4)5)62-85-72(77)56-49-42-34-29-23-20-18-17-19-22-27-32-39-46-53-66(2)3/h13-16,66-71,76H,8-12,17-65H2,1-7H3,(H,81,82)(H,83,84)/b14-13-,16-15-/t69-,70-,71-/m1/s1. The van der Waals surface area contributed by atoms with Gasteiger partial charge in [-0.15, -0.1) is 0 Å². The molecule has 17 nitrogen and oxygen atoms in total. The maximum atomic E-state index is 13.1. The van der Waals surface area contributed by atoms with E-state index in [1.165, 1.54) is 148 Å². The highest BCUT2D eigenvalue weighted by molar-refractivity contribution is 7.47. The van der Waals surface area contributed by atoms with Gasteiger partial charge in [-0.3, -0.25) is 37.3 Å². The van der Waals surface area contributed by atoms with Crippen LogP contribution < -0.4 is 0 Å². The van der Waals surface area contributed by atoms with Gasteiger partial charge in [-0.1, -0.05) is 304 Å². The monoisotopic (exact) mass is 1380 g/mol. The number of hydrogen-bond acceptors (Lipinski definition) is 15. The van der Waals surface area contributed by atoms with Gasteiger partial charge < -0.3 is 33.8 Å². The highest BCUT2D eigenvalue weighted by Crippen LogP contribution is 2.45. The van der Waals surface area contributed by atoms with Gasteiger partial charge in [-0.05, 0) is 69.1 Å². The third-order valence-electron chi connectivity index (χ3n) is 16.8. The first-order valence-corrected chi connectivity index (χ1v) is 41.2. The minimum absolute atomic E-state index is 0.0836. The number of carbonyl (C=O) groups is 4. The Morgan fingerprint density at radius 1 is 0.330 bits per heavy atom. The van der Waals surface area contributed by atoms with E-state index in [2.05, 4.69) is 72.8 Å². The van der Waals surface area contributed by atoms with Crippen molar-refractivity contribution in [2.24, 2.45) is 17.8 Å². The van der Waals surface area contributed by atoms with Crippen molar-refractivity contribution in [2.75, 3.05) is 39.6 Å². The molecule has 0 rings (SSSR count). The molecule has 0 aliphatic carbocycles. The van der Waals surface area contributed by atoms with E-state index in [1.807, 2.05) is 0 Å². The van der Waals surface area contributed by atoms with E-state index in [-0.39, 0.29) is 25.7 Å². The number of ether oxygens (including phenoxy) is 4. The molecule has 3 N–H and O–H groups in total. The van der Waals surface area contributed by atoms with Crippen LogP contribution >= 0.6 is 15.6 Å². The van der Waals surface area contributed by atoms with Gasteiger partial charge in [-0.2, -0.15) is 0 Å². The average molecular weight is 1380 g/mol. The first-order valence-electron chi connectivity index (χ1n) is 38.2. The molecule has 94 heavy (non-hydrogen) atoms. The highest BCUT2D eigenvalue weighted by Gasteiger charge is 2.30. The number of aliphatic hydroxyl groups excluding tert-OH is 1. The molecule has 19 heteroatoms. The van der Waals surface area contributed by atoms with Crippen LogP contribution in [-0.4, -0.2) is 96.7 Å². The third-order valence-corrected chi connectivity index (χ3v) is 18.7. The number of phosphoric acid groups is 2. The molecule has 5 atom stereocenters. The number of hydrogen-bond donors (Lipinski definition) is 3. The molecule has 0 radical (unpaired) electrons. The van der Waals surface area contributed by atoms with Crippen molar-refractivity contribution in [1.29, 1.82) is 0 Å². The lowest BCUT2D eigenvalue weighted by Crippen LogP contribution is -2.30. The predicted molar refractivity (Wildman–Crippen MR) is 381 cm³/mol. The van der Waals surface area contributed by atoms with Crippen LogP contribution in [0.15, 0.2) is 24.3 Å². The van der Waals surface area contributed by atoms with E-state index in [1.54, 1.807) is 0 Å². The number of aliphatic hydroxyl groups is 1. The Labute approximate surface area is 573 Å². The molecular weight excluding hydrogens is 1230 g/mol. The van der Waals surface area contributed by atoms with Crippen molar-refractivity contribution in [3.63, 3.8) is 0 Å². The van der Waals surface area contributed by atoms with Crippen LogP contribution in [0.2, 0.25) is 0 Å². The summed E-state index contributed by atoms with van der Waals surface area (Å²) in [5, 5.41) is 10.6. The normalized spacial score (nSPS) is 14.3. The molecule has 2 unspecified atom stereocenters. The van der Waals surface area contributed by atoms with Gasteiger partial charge >= 0.3 is 39.5 Å². The van der Waals surface area contributed by atoms with Gasteiger partial charge in [0.05, 0.1) is 26.4 Å². The topological polar surface area (TPSA) is 237 Å². The number of allylic oxidation sites excluding steroid dienone is 4. The molecule has 0 aliphatic heterocycles. The zero-order valence-corrected chi connectivity index (χ0v) is 62.7. The smallest absolute Gasteiger partial charge is 0.462 e. The van der Waals surface area contributed by atoms with Crippen LogP contribution in [0.25, 0.3) is 0 Å². The summed E-state index contributed by atoms with van der Waals surface area (Å²) in [5.74, 6) is 0.0720. The van der Waals surface area contributed by atoms with Gasteiger partial charge in [0, 0.05) is 25.7 Å². The van der Waals surface area contributed by atoms with E-state index in [4.69, 9.17) is 37.0 Å². The fourth-order valence-corrected chi connectivity index (χ4v) is 12.5. The molecule has 0 aromatic heterocycles. The quantitative estimate of drug-likeness (QED) is 0.0169. The number of unbranched alkanes of at least 4 members (excludes halogenated alkanes) is 36. The summed E-state index contributed by atoms with van der Waals surface area (Å²) in [6, 6.07) is 0. The summed E-state index contributed by atoms with van der Waals surface area (Å²) in [4.78, 5) is 72.7. The molecule has 0 bridgehead atoms. The van der Waals surface area contributed by atoms with Gasteiger partial charge in [0.15, 0.2) is 12.2 Å². The summed E-state index contributed by atoms with van der Waals surface area (Å²) >= 11 is 0. The molecule has 0 heterocycles. The van der Waals surface area contributed by atoms with Crippen LogP contribution in [0.4, 0.5) is 0 Å². The maximum absolute atomic E-state index is 13.1. The van der Waals surface area contributed by atoms with Crippen LogP contribution in [0.5, 0.6) is 0 Å². The summed E-state index contributed by atoms with van der Waals surface area (Å²) in [6.45, 7) is 11.7. The van der Waals surface area contributed by atoms with E-state index in [0.717, 1.165) is 121 Å². The lowest BCUT2D eigenvalue weighted by Gasteiger charge is -2.21. The predicted octanol–water partition coefficient (Wildman–Crippen LogP) is 21.3. The van der Waals surface area contributed by atoms with Gasteiger partial charge in [0.25, 0.3) is 0 Å². The Kier molecular flexibility index (Phi) is 63.5. The summed E-state index contributed by atoms with van der Waals surface area (Å²) in [5.41, 5.74) is 0. The van der Waals surface area contributed by atoms with Crippen molar-refractivity contribution in [3.8, 4) is 0 Å². The second-order valence-electron chi connectivity index (χ2n) is 27.8. The van der Waals surface area contributed by atoms with Crippen LogP contribution in [0.3, 0.4) is 0 Å². The van der Waals surface area contributed by atoms with Crippen molar-refractivity contribution >= 4 is 39.5 Å². The largest absolute Gasteiger partial charge is 0.472 e. The lowest BCUT2D eigenvalue weighted by molar-refractivity contribution is -0.161. The molecule has 554 valence electrons. The van der Waals surface area contributed by atoms with Crippen molar-refractivity contribution < 1.29 is 80.2 Å². The molecule has 0 saturated heterocycles. The Bertz CT molecular complexity index is 1930. The minimum Gasteiger partial charge on any atom is -0.462 e.